The Kier molecular flexibility index (Phi) is 4.25. The molecule has 1 aromatic rings. The van der Waals surface area contributed by atoms with Crippen molar-refractivity contribution in [1.82, 2.24) is 4.90 Å². The molecular formula is C14H12NO3S2-. The monoisotopic (exact) mass is 306 g/mol. The molecule has 6 heteroatoms. The second kappa shape index (κ2) is 5.76. The Morgan fingerprint density at radius 3 is 2.70 bits per heavy atom. The first kappa shape index (κ1) is 14.7. The van der Waals surface area contributed by atoms with Crippen LogP contribution in [-0.2, 0) is 9.59 Å². The zero-order valence-electron chi connectivity index (χ0n) is 11.0. The molecule has 0 N–H and O–H groups in total. The van der Waals surface area contributed by atoms with E-state index >= 15 is 0 Å². The number of nitrogens with zero attached hydrogens (tertiary/aromatic N) is 1. The van der Waals surface area contributed by atoms with Crippen molar-refractivity contribution < 1.29 is 14.7 Å². The zero-order chi connectivity index (χ0) is 14.9. The Bertz CT molecular complexity index is 625. The molecule has 1 amide bonds. The lowest BCUT2D eigenvalue weighted by atomic mass is 10.1. The summed E-state index contributed by atoms with van der Waals surface area (Å²) in [6.45, 7) is 3.33. The maximum absolute atomic E-state index is 12.2. The summed E-state index contributed by atoms with van der Waals surface area (Å²) in [6, 6.07) is 6.56. The van der Waals surface area contributed by atoms with Crippen LogP contribution < -0.4 is 5.11 Å². The van der Waals surface area contributed by atoms with Crippen molar-refractivity contribution in [3.63, 3.8) is 0 Å². The molecular weight excluding hydrogens is 294 g/mol. The zero-order valence-corrected chi connectivity index (χ0v) is 12.6. The highest BCUT2D eigenvalue weighted by Gasteiger charge is 2.35. The average molecular weight is 306 g/mol. The summed E-state index contributed by atoms with van der Waals surface area (Å²) in [5.41, 5.74) is 1.94. The van der Waals surface area contributed by atoms with Crippen molar-refractivity contribution >= 4 is 46.3 Å². The fraction of sp³-hybridized carbons (Fsp3) is 0.214. The Balaban J connectivity index is 2.33. The van der Waals surface area contributed by atoms with Gasteiger partial charge in [0, 0.05) is 0 Å². The standard InChI is InChI=1S/C14H13NO3S2/c1-8-5-3-4-6-10(8)7-11-12(16)15(14(19)20-11)9(2)13(17)18/h3-7,9H,1-2H3,(H,17,18)/p-1/b11-7+/t9-/m0/s1. The molecule has 1 aliphatic rings. The summed E-state index contributed by atoms with van der Waals surface area (Å²) in [5.74, 6) is -1.71. The molecule has 2 rings (SSSR count). The van der Waals surface area contributed by atoms with E-state index in [1.54, 1.807) is 6.08 Å². The number of carboxylic acids is 1. The molecule has 0 unspecified atom stereocenters. The molecule has 0 radical (unpaired) electrons. The summed E-state index contributed by atoms with van der Waals surface area (Å²) in [6.07, 6.45) is 1.73. The van der Waals surface area contributed by atoms with Gasteiger partial charge in [0.15, 0.2) is 0 Å². The highest BCUT2D eigenvalue weighted by molar-refractivity contribution is 8.26. The summed E-state index contributed by atoms with van der Waals surface area (Å²) >= 11 is 6.18. The van der Waals surface area contributed by atoms with Gasteiger partial charge in [0.25, 0.3) is 5.91 Å². The number of hydrogen-bond acceptors (Lipinski definition) is 5. The van der Waals surface area contributed by atoms with Gasteiger partial charge in [-0.1, -0.05) is 48.2 Å². The fourth-order valence-corrected chi connectivity index (χ4v) is 3.22. The highest BCUT2D eigenvalue weighted by atomic mass is 32.2. The molecule has 4 nitrogen and oxygen atoms in total. The van der Waals surface area contributed by atoms with Crippen LogP contribution in [0.3, 0.4) is 0 Å². The van der Waals surface area contributed by atoms with E-state index in [1.165, 1.54) is 6.92 Å². The quantitative estimate of drug-likeness (QED) is 0.623. The van der Waals surface area contributed by atoms with Gasteiger partial charge in [-0.3, -0.25) is 9.69 Å². The number of thioether (sulfide) groups is 1. The molecule has 1 aromatic carbocycles. The van der Waals surface area contributed by atoms with Gasteiger partial charge < -0.3 is 9.90 Å². The molecule has 1 saturated heterocycles. The Labute approximate surface area is 126 Å². The molecule has 0 bridgehead atoms. The van der Waals surface area contributed by atoms with Crippen LogP contribution >= 0.6 is 24.0 Å². The van der Waals surface area contributed by atoms with Crippen molar-refractivity contribution in [2.45, 2.75) is 19.9 Å². The number of aliphatic carboxylic acids is 1. The van der Waals surface area contributed by atoms with E-state index in [4.69, 9.17) is 12.2 Å². The molecule has 0 saturated carbocycles. The average Bonchev–Trinajstić information content (AvgIpc) is 2.66. The lowest BCUT2D eigenvalue weighted by Gasteiger charge is -2.23. The van der Waals surface area contributed by atoms with Gasteiger partial charge in [-0.25, -0.2) is 0 Å². The molecule has 0 aromatic heterocycles. The van der Waals surface area contributed by atoms with Gasteiger partial charge in [0.2, 0.25) is 0 Å². The van der Waals surface area contributed by atoms with E-state index in [1.807, 2.05) is 31.2 Å². The minimum Gasteiger partial charge on any atom is -0.548 e. The SMILES string of the molecule is Cc1ccccc1/C=C1/SC(=S)N([C@@H](C)C(=O)[O-])C1=O. The Morgan fingerprint density at radius 1 is 1.45 bits per heavy atom. The lowest BCUT2D eigenvalue weighted by Crippen LogP contribution is -2.48. The van der Waals surface area contributed by atoms with Crippen LogP contribution in [0.25, 0.3) is 6.08 Å². The van der Waals surface area contributed by atoms with E-state index in [9.17, 15) is 14.7 Å². The van der Waals surface area contributed by atoms with Crippen molar-refractivity contribution in [1.29, 1.82) is 0 Å². The number of benzene rings is 1. The number of carbonyl (C=O) groups is 2. The molecule has 1 aliphatic heterocycles. The number of carbonyl (C=O) groups excluding carboxylic acids is 2. The molecule has 104 valence electrons. The van der Waals surface area contributed by atoms with E-state index in [2.05, 4.69) is 0 Å². The van der Waals surface area contributed by atoms with Crippen LogP contribution in [0.1, 0.15) is 18.1 Å². The Morgan fingerprint density at radius 2 is 2.10 bits per heavy atom. The maximum atomic E-state index is 12.2. The highest BCUT2D eigenvalue weighted by Crippen LogP contribution is 2.34. The molecule has 1 heterocycles. The van der Waals surface area contributed by atoms with Crippen LogP contribution in [-0.4, -0.2) is 27.1 Å². The van der Waals surface area contributed by atoms with Gasteiger partial charge in [-0.2, -0.15) is 0 Å². The van der Waals surface area contributed by atoms with Crippen LogP contribution in [0.15, 0.2) is 29.2 Å². The van der Waals surface area contributed by atoms with Gasteiger partial charge in [0.05, 0.1) is 16.9 Å². The number of aryl methyl sites for hydroxylation is 1. The van der Waals surface area contributed by atoms with E-state index in [0.29, 0.717) is 4.91 Å². The lowest BCUT2D eigenvalue weighted by molar-refractivity contribution is -0.309. The number of carboxylic acid groups (broad SMARTS) is 1. The van der Waals surface area contributed by atoms with Gasteiger partial charge in [-0.15, -0.1) is 0 Å². The van der Waals surface area contributed by atoms with Crippen molar-refractivity contribution in [2.24, 2.45) is 0 Å². The molecule has 0 spiro atoms. The molecule has 1 fully saturated rings. The van der Waals surface area contributed by atoms with Crippen LogP contribution in [0.2, 0.25) is 0 Å². The summed E-state index contributed by atoms with van der Waals surface area (Å²) in [7, 11) is 0. The second-order valence-electron chi connectivity index (χ2n) is 4.40. The van der Waals surface area contributed by atoms with Crippen molar-refractivity contribution in [2.75, 3.05) is 0 Å². The topological polar surface area (TPSA) is 60.4 Å². The first-order valence-corrected chi connectivity index (χ1v) is 7.18. The largest absolute Gasteiger partial charge is 0.548 e. The van der Waals surface area contributed by atoms with Crippen molar-refractivity contribution in [3.05, 3.63) is 40.3 Å². The third-order valence-electron chi connectivity index (χ3n) is 3.03. The smallest absolute Gasteiger partial charge is 0.266 e. The van der Waals surface area contributed by atoms with Crippen molar-refractivity contribution in [3.8, 4) is 0 Å². The van der Waals surface area contributed by atoms with Crippen LogP contribution in [0, 0.1) is 6.92 Å². The Hall–Kier alpha value is -1.66. The first-order chi connectivity index (χ1) is 9.41. The van der Waals surface area contributed by atoms with Crippen LogP contribution in [0.5, 0.6) is 0 Å². The summed E-state index contributed by atoms with van der Waals surface area (Å²) in [4.78, 5) is 24.6. The number of rotatable bonds is 3. The molecule has 20 heavy (non-hydrogen) atoms. The number of amides is 1. The van der Waals surface area contributed by atoms with E-state index in [0.717, 1.165) is 27.8 Å². The maximum Gasteiger partial charge on any atom is 0.266 e. The predicted molar refractivity (Wildman–Crippen MR) is 80.7 cm³/mol. The van der Waals surface area contributed by atoms with Crippen LogP contribution in [0.4, 0.5) is 0 Å². The normalized spacial score (nSPS) is 18.7. The van der Waals surface area contributed by atoms with E-state index in [-0.39, 0.29) is 10.2 Å². The number of hydrogen-bond donors (Lipinski definition) is 0. The molecule has 1 atom stereocenters. The predicted octanol–water partition coefficient (Wildman–Crippen LogP) is 1.33. The minimum absolute atomic E-state index is 0.242. The summed E-state index contributed by atoms with van der Waals surface area (Å²) < 4.78 is 0.242. The van der Waals surface area contributed by atoms with Gasteiger partial charge >= 0.3 is 0 Å². The van der Waals surface area contributed by atoms with E-state index < -0.39 is 12.0 Å². The molecule has 0 aliphatic carbocycles. The fourth-order valence-electron chi connectivity index (χ4n) is 1.81. The number of thiocarbonyl (C=S) groups is 1. The van der Waals surface area contributed by atoms with Gasteiger partial charge in [-0.05, 0) is 31.1 Å². The summed E-state index contributed by atoms with van der Waals surface area (Å²) in [5, 5.41) is 10.9. The second-order valence-corrected chi connectivity index (χ2v) is 6.08. The third kappa shape index (κ3) is 2.76. The minimum atomic E-state index is -1.32. The third-order valence-corrected chi connectivity index (χ3v) is 4.36. The first-order valence-electron chi connectivity index (χ1n) is 5.95. The van der Waals surface area contributed by atoms with Gasteiger partial charge in [0.1, 0.15) is 4.32 Å².